The fourth-order valence-electron chi connectivity index (χ4n) is 2.00. The van der Waals surface area contributed by atoms with Gasteiger partial charge in [0.05, 0.1) is 6.04 Å². The Labute approximate surface area is 97.6 Å². The summed E-state index contributed by atoms with van der Waals surface area (Å²) >= 11 is 0. The third kappa shape index (κ3) is 4.32. The minimum atomic E-state index is 0.124. The van der Waals surface area contributed by atoms with E-state index in [9.17, 15) is 0 Å². The Bertz CT molecular complexity index is 192. The van der Waals surface area contributed by atoms with Crippen molar-refractivity contribution in [3.05, 3.63) is 0 Å². The molecule has 1 aliphatic rings. The lowest BCUT2D eigenvalue weighted by Crippen LogP contribution is -2.53. The molecule has 0 bridgehead atoms. The number of likely N-dealkylation sites (N-methyl/N-ethyl adjacent to an activating group) is 1. The van der Waals surface area contributed by atoms with Crippen molar-refractivity contribution in [1.82, 2.24) is 10.1 Å². The first-order valence-corrected chi connectivity index (χ1v) is 5.96. The molecule has 0 aliphatic heterocycles. The van der Waals surface area contributed by atoms with Crippen LogP contribution in [0.5, 0.6) is 0 Å². The van der Waals surface area contributed by atoms with Crippen LogP contribution in [0.4, 0.5) is 0 Å². The molecule has 2 unspecified atom stereocenters. The summed E-state index contributed by atoms with van der Waals surface area (Å²) in [7, 11) is 1.95. The summed E-state index contributed by atoms with van der Waals surface area (Å²) in [6, 6.07) is 0.263. The van der Waals surface area contributed by atoms with E-state index < -0.39 is 0 Å². The van der Waals surface area contributed by atoms with Crippen molar-refractivity contribution in [1.29, 1.82) is 0 Å². The molecule has 0 saturated heterocycles. The molecule has 1 fully saturated rings. The molecular formula is C10H25N5O. The van der Waals surface area contributed by atoms with Crippen molar-refractivity contribution >= 4 is 0 Å². The maximum absolute atomic E-state index is 6.01. The molecule has 0 spiro atoms. The summed E-state index contributed by atoms with van der Waals surface area (Å²) in [6.07, 6.45) is 4.41. The van der Waals surface area contributed by atoms with Crippen LogP contribution in [0.3, 0.4) is 0 Å². The molecule has 6 N–H and O–H groups in total. The molecular weight excluding hydrogens is 206 g/mol. The zero-order valence-electron chi connectivity index (χ0n) is 10.1. The Kier molecular flexibility index (Phi) is 6.18. The maximum atomic E-state index is 6.01. The van der Waals surface area contributed by atoms with Gasteiger partial charge in [-0.3, -0.25) is 9.74 Å². The highest BCUT2D eigenvalue weighted by atomic mass is 16.7. The topological polar surface area (TPSA) is 93.8 Å². The summed E-state index contributed by atoms with van der Waals surface area (Å²) in [5.41, 5.74) is 11.4. The number of nitrogens with two attached hydrogens (primary N) is 3. The molecule has 0 aromatic rings. The van der Waals surface area contributed by atoms with Crippen molar-refractivity contribution < 1.29 is 4.84 Å². The minimum Gasteiger partial charge on any atom is -0.329 e. The van der Waals surface area contributed by atoms with Crippen molar-refractivity contribution in [2.24, 2.45) is 17.3 Å². The van der Waals surface area contributed by atoms with Gasteiger partial charge in [-0.1, -0.05) is 12.8 Å². The molecule has 0 amide bonds. The van der Waals surface area contributed by atoms with Crippen LogP contribution < -0.4 is 17.3 Å². The summed E-state index contributed by atoms with van der Waals surface area (Å²) in [5.74, 6) is 5.86. The van der Waals surface area contributed by atoms with Gasteiger partial charge in [0.1, 0.15) is 6.73 Å². The Morgan fingerprint density at radius 2 is 2.00 bits per heavy atom. The van der Waals surface area contributed by atoms with E-state index in [4.69, 9.17) is 22.1 Å². The average molecular weight is 231 g/mol. The fourth-order valence-corrected chi connectivity index (χ4v) is 2.00. The van der Waals surface area contributed by atoms with Gasteiger partial charge in [-0.2, -0.15) is 0 Å². The lowest BCUT2D eigenvalue weighted by molar-refractivity contribution is -0.222. The van der Waals surface area contributed by atoms with Gasteiger partial charge in [0.2, 0.25) is 0 Å². The van der Waals surface area contributed by atoms with E-state index in [-0.39, 0.29) is 12.1 Å². The molecule has 1 aliphatic carbocycles. The summed E-state index contributed by atoms with van der Waals surface area (Å²) < 4.78 is 0. The minimum absolute atomic E-state index is 0.124. The standard InChI is InChI=1S/C10H25N5O/c1-14(7-6-11)8-16-15(13)10-5-3-2-4-9(10)12/h9-10H,2-8,11-13H2,1H3. The van der Waals surface area contributed by atoms with E-state index in [0.717, 1.165) is 19.4 Å². The second-order valence-corrected chi connectivity index (χ2v) is 4.50. The van der Waals surface area contributed by atoms with Gasteiger partial charge in [-0.15, -0.1) is 5.17 Å². The van der Waals surface area contributed by atoms with Crippen LogP contribution in [-0.4, -0.2) is 49.0 Å². The average Bonchev–Trinajstić information content (AvgIpc) is 2.27. The van der Waals surface area contributed by atoms with Crippen LogP contribution in [0.1, 0.15) is 25.7 Å². The number of nitrogens with zero attached hydrogens (tertiary/aromatic N) is 2. The van der Waals surface area contributed by atoms with Crippen molar-refractivity contribution in [2.75, 3.05) is 26.9 Å². The molecule has 1 saturated carbocycles. The zero-order valence-corrected chi connectivity index (χ0v) is 10.1. The van der Waals surface area contributed by atoms with E-state index in [1.807, 2.05) is 11.9 Å². The van der Waals surface area contributed by atoms with Gasteiger partial charge in [0, 0.05) is 19.1 Å². The zero-order chi connectivity index (χ0) is 12.0. The molecule has 0 radical (unpaired) electrons. The predicted molar refractivity (Wildman–Crippen MR) is 63.9 cm³/mol. The highest BCUT2D eigenvalue weighted by molar-refractivity contribution is 4.81. The largest absolute Gasteiger partial charge is 0.329 e. The van der Waals surface area contributed by atoms with E-state index in [2.05, 4.69) is 0 Å². The van der Waals surface area contributed by atoms with Gasteiger partial charge in [-0.05, 0) is 19.9 Å². The second-order valence-electron chi connectivity index (χ2n) is 4.50. The molecule has 2 atom stereocenters. The summed E-state index contributed by atoms with van der Waals surface area (Å²) in [6.45, 7) is 1.87. The van der Waals surface area contributed by atoms with E-state index in [0.29, 0.717) is 13.3 Å². The molecule has 0 aromatic heterocycles. The van der Waals surface area contributed by atoms with Crippen molar-refractivity contribution in [3.63, 3.8) is 0 Å². The first-order chi connectivity index (χ1) is 7.65. The number of hydrogen-bond acceptors (Lipinski definition) is 6. The molecule has 0 aromatic carbocycles. The van der Waals surface area contributed by atoms with E-state index >= 15 is 0 Å². The summed E-state index contributed by atoms with van der Waals surface area (Å²) in [5, 5.41) is 1.43. The number of hydrogen-bond donors (Lipinski definition) is 3. The van der Waals surface area contributed by atoms with E-state index in [1.165, 1.54) is 18.0 Å². The Balaban J connectivity index is 2.25. The first kappa shape index (κ1) is 13.8. The predicted octanol–water partition coefficient (Wildman–Crippen LogP) is -0.788. The van der Waals surface area contributed by atoms with Crippen LogP contribution in [0.2, 0.25) is 0 Å². The SMILES string of the molecule is CN(CCN)CON(N)C1CCCCC1N. The fraction of sp³-hybridized carbons (Fsp3) is 1.00. The normalized spacial score (nSPS) is 26.6. The summed E-state index contributed by atoms with van der Waals surface area (Å²) in [4.78, 5) is 7.45. The Morgan fingerprint density at radius 1 is 1.31 bits per heavy atom. The highest BCUT2D eigenvalue weighted by Crippen LogP contribution is 2.20. The monoisotopic (exact) mass is 231 g/mol. The maximum Gasteiger partial charge on any atom is 0.123 e. The quantitative estimate of drug-likeness (QED) is 0.315. The molecule has 96 valence electrons. The van der Waals surface area contributed by atoms with Crippen molar-refractivity contribution in [2.45, 2.75) is 37.8 Å². The van der Waals surface area contributed by atoms with Crippen LogP contribution in [0.25, 0.3) is 0 Å². The lowest BCUT2D eigenvalue weighted by Gasteiger charge is -2.35. The Morgan fingerprint density at radius 3 is 2.62 bits per heavy atom. The van der Waals surface area contributed by atoms with Gasteiger partial charge < -0.3 is 11.5 Å². The van der Waals surface area contributed by atoms with Crippen LogP contribution in [0.15, 0.2) is 0 Å². The number of rotatable bonds is 6. The van der Waals surface area contributed by atoms with Gasteiger partial charge >= 0.3 is 0 Å². The number of hydroxylamine groups is 1. The second kappa shape index (κ2) is 7.16. The molecule has 1 rings (SSSR count). The molecule has 6 heteroatoms. The smallest absolute Gasteiger partial charge is 0.123 e. The highest BCUT2D eigenvalue weighted by Gasteiger charge is 2.26. The molecule has 0 heterocycles. The van der Waals surface area contributed by atoms with Gasteiger partial charge in [0.15, 0.2) is 0 Å². The van der Waals surface area contributed by atoms with Crippen LogP contribution >= 0.6 is 0 Å². The van der Waals surface area contributed by atoms with E-state index in [1.54, 1.807) is 0 Å². The van der Waals surface area contributed by atoms with Gasteiger partial charge in [0.25, 0.3) is 0 Å². The van der Waals surface area contributed by atoms with Crippen molar-refractivity contribution in [3.8, 4) is 0 Å². The van der Waals surface area contributed by atoms with Gasteiger partial charge in [-0.25, -0.2) is 5.84 Å². The lowest BCUT2D eigenvalue weighted by atomic mass is 9.91. The Hall–Kier alpha value is -0.240. The number of hydrazine groups is 1. The van der Waals surface area contributed by atoms with Crippen LogP contribution in [-0.2, 0) is 4.84 Å². The molecule has 16 heavy (non-hydrogen) atoms. The third-order valence-corrected chi connectivity index (χ3v) is 3.05. The first-order valence-electron chi connectivity index (χ1n) is 5.96. The third-order valence-electron chi connectivity index (χ3n) is 3.05. The molecule has 6 nitrogen and oxygen atoms in total. The van der Waals surface area contributed by atoms with Crippen LogP contribution in [0, 0.1) is 0 Å².